The number of hydrogen-bond donors (Lipinski definition) is 1. The molecule has 1 N–H and O–H groups in total. The Morgan fingerprint density at radius 1 is 1.15 bits per heavy atom. The summed E-state index contributed by atoms with van der Waals surface area (Å²) in [5, 5.41) is 2.33. The Balaban J connectivity index is 4.74. The van der Waals surface area contributed by atoms with Gasteiger partial charge in [-0.1, -0.05) is 6.58 Å². The zero-order valence-electron chi connectivity index (χ0n) is 12.4. The summed E-state index contributed by atoms with van der Waals surface area (Å²) >= 11 is 0. The summed E-state index contributed by atoms with van der Waals surface area (Å²) in [5.41, 5.74) is -0.664. The molecule has 0 aliphatic carbocycles. The molecule has 0 rings (SSSR count). The first-order chi connectivity index (χ1) is 9.10. The van der Waals surface area contributed by atoms with E-state index in [1.165, 1.54) is 14.2 Å². The van der Waals surface area contributed by atoms with Gasteiger partial charge in [0.2, 0.25) is 0 Å². The van der Waals surface area contributed by atoms with Gasteiger partial charge in [0, 0.05) is 12.0 Å². The number of amides is 1. The van der Waals surface area contributed by atoms with E-state index in [4.69, 9.17) is 4.74 Å². The Morgan fingerprint density at radius 3 is 2.10 bits per heavy atom. The highest BCUT2D eigenvalue weighted by Crippen LogP contribution is 2.10. The van der Waals surface area contributed by atoms with Crippen molar-refractivity contribution in [3.8, 4) is 0 Å². The SMILES string of the molecule is C=C(CC(NC(=O)OC(C)(C)C)C(=O)OC)C(=O)OC. The zero-order chi connectivity index (χ0) is 15.9. The largest absolute Gasteiger partial charge is 0.467 e. The molecule has 114 valence electrons. The Labute approximate surface area is 118 Å². The lowest BCUT2D eigenvalue weighted by molar-refractivity contribution is -0.143. The topological polar surface area (TPSA) is 90.9 Å². The molecular formula is C13H21NO6. The van der Waals surface area contributed by atoms with Crippen LogP contribution in [0.4, 0.5) is 4.79 Å². The van der Waals surface area contributed by atoms with Crippen LogP contribution in [-0.4, -0.2) is 43.9 Å². The number of methoxy groups -OCH3 is 2. The maximum absolute atomic E-state index is 11.6. The summed E-state index contributed by atoms with van der Waals surface area (Å²) in [6, 6.07) is -1.07. The second-order valence-corrected chi connectivity index (χ2v) is 5.02. The second kappa shape index (κ2) is 7.52. The van der Waals surface area contributed by atoms with E-state index in [9.17, 15) is 14.4 Å². The maximum atomic E-state index is 11.6. The van der Waals surface area contributed by atoms with Gasteiger partial charge in [-0.15, -0.1) is 0 Å². The lowest BCUT2D eigenvalue weighted by Gasteiger charge is -2.22. The molecule has 0 aromatic rings. The minimum Gasteiger partial charge on any atom is -0.467 e. The normalized spacial score (nSPS) is 12.1. The lowest BCUT2D eigenvalue weighted by atomic mass is 10.1. The Hall–Kier alpha value is -2.05. The minimum atomic E-state index is -1.07. The van der Waals surface area contributed by atoms with Crippen molar-refractivity contribution in [1.29, 1.82) is 0 Å². The van der Waals surface area contributed by atoms with Gasteiger partial charge < -0.3 is 19.5 Å². The molecule has 1 atom stereocenters. The van der Waals surface area contributed by atoms with E-state index in [2.05, 4.69) is 21.4 Å². The van der Waals surface area contributed by atoms with Crippen molar-refractivity contribution in [2.75, 3.05) is 14.2 Å². The fourth-order valence-corrected chi connectivity index (χ4v) is 1.26. The van der Waals surface area contributed by atoms with Crippen molar-refractivity contribution < 1.29 is 28.6 Å². The number of carbonyl (C=O) groups is 3. The molecule has 0 fully saturated rings. The number of esters is 2. The molecule has 0 radical (unpaired) electrons. The van der Waals surface area contributed by atoms with Gasteiger partial charge in [-0.25, -0.2) is 14.4 Å². The second-order valence-electron chi connectivity index (χ2n) is 5.02. The zero-order valence-corrected chi connectivity index (χ0v) is 12.4. The molecule has 0 saturated carbocycles. The van der Waals surface area contributed by atoms with Crippen LogP contribution in [0.3, 0.4) is 0 Å². The fraction of sp³-hybridized carbons (Fsp3) is 0.615. The Bertz CT molecular complexity index is 396. The van der Waals surface area contributed by atoms with E-state index in [1.54, 1.807) is 20.8 Å². The highest BCUT2D eigenvalue weighted by molar-refractivity contribution is 5.90. The third kappa shape index (κ3) is 6.77. The maximum Gasteiger partial charge on any atom is 0.408 e. The number of nitrogens with one attached hydrogen (secondary N) is 1. The van der Waals surface area contributed by atoms with Crippen LogP contribution in [0, 0.1) is 0 Å². The molecular weight excluding hydrogens is 266 g/mol. The van der Waals surface area contributed by atoms with Gasteiger partial charge in [-0.2, -0.15) is 0 Å². The Morgan fingerprint density at radius 2 is 1.70 bits per heavy atom. The van der Waals surface area contributed by atoms with E-state index in [0.29, 0.717) is 0 Å². The van der Waals surface area contributed by atoms with Crippen LogP contribution in [0.25, 0.3) is 0 Å². The van der Waals surface area contributed by atoms with Crippen LogP contribution in [0.5, 0.6) is 0 Å². The van der Waals surface area contributed by atoms with E-state index < -0.39 is 29.7 Å². The van der Waals surface area contributed by atoms with Gasteiger partial charge in [-0.3, -0.25) is 0 Å². The predicted molar refractivity (Wildman–Crippen MR) is 70.9 cm³/mol. The van der Waals surface area contributed by atoms with Gasteiger partial charge in [-0.05, 0) is 20.8 Å². The molecule has 0 aliphatic rings. The molecule has 7 nitrogen and oxygen atoms in total. The molecule has 20 heavy (non-hydrogen) atoms. The molecule has 0 aromatic carbocycles. The highest BCUT2D eigenvalue weighted by Gasteiger charge is 2.27. The highest BCUT2D eigenvalue weighted by atomic mass is 16.6. The summed E-state index contributed by atoms with van der Waals surface area (Å²) in [5.74, 6) is -1.37. The Kier molecular flexibility index (Phi) is 6.75. The summed E-state index contributed by atoms with van der Waals surface area (Å²) in [6.07, 6.45) is -0.913. The summed E-state index contributed by atoms with van der Waals surface area (Å²) in [4.78, 5) is 34.5. The first-order valence-corrected chi connectivity index (χ1v) is 5.94. The molecule has 1 unspecified atom stereocenters. The first kappa shape index (κ1) is 17.9. The predicted octanol–water partition coefficient (Wildman–Crippen LogP) is 1.17. The van der Waals surface area contributed by atoms with Crippen LogP contribution in [0.2, 0.25) is 0 Å². The average Bonchev–Trinajstić information content (AvgIpc) is 2.33. The van der Waals surface area contributed by atoms with Crippen LogP contribution in [0.15, 0.2) is 12.2 Å². The van der Waals surface area contributed by atoms with Crippen LogP contribution in [-0.2, 0) is 23.8 Å². The van der Waals surface area contributed by atoms with E-state index in [-0.39, 0.29) is 12.0 Å². The van der Waals surface area contributed by atoms with Crippen molar-refractivity contribution >= 4 is 18.0 Å². The van der Waals surface area contributed by atoms with E-state index >= 15 is 0 Å². The quantitative estimate of drug-likeness (QED) is 0.464. The van der Waals surface area contributed by atoms with Gasteiger partial charge in [0.15, 0.2) is 0 Å². The molecule has 7 heteroatoms. The molecule has 0 saturated heterocycles. The monoisotopic (exact) mass is 287 g/mol. The van der Waals surface area contributed by atoms with Crippen molar-refractivity contribution in [2.45, 2.75) is 38.8 Å². The number of alkyl carbamates (subject to hydrolysis) is 1. The summed E-state index contributed by atoms with van der Waals surface area (Å²) < 4.78 is 14.1. The fourth-order valence-electron chi connectivity index (χ4n) is 1.26. The number of rotatable bonds is 5. The first-order valence-electron chi connectivity index (χ1n) is 5.94. The van der Waals surface area contributed by atoms with Gasteiger partial charge in [0.25, 0.3) is 0 Å². The van der Waals surface area contributed by atoms with Crippen LogP contribution >= 0.6 is 0 Å². The van der Waals surface area contributed by atoms with Crippen molar-refractivity contribution in [3.05, 3.63) is 12.2 Å². The molecule has 0 bridgehead atoms. The van der Waals surface area contributed by atoms with Gasteiger partial charge >= 0.3 is 18.0 Å². The summed E-state index contributed by atoms with van der Waals surface area (Å²) in [7, 11) is 2.37. The van der Waals surface area contributed by atoms with Crippen molar-refractivity contribution in [3.63, 3.8) is 0 Å². The smallest absolute Gasteiger partial charge is 0.408 e. The summed E-state index contributed by atoms with van der Waals surface area (Å²) in [6.45, 7) is 8.55. The standard InChI is InChI=1S/C13H21NO6/c1-8(10(15)18-5)7-9(11(16)19-6)14-12(17)20-13(2,3)4/h9H,1,7H2,2-6H3,(H,14,17). The molecule has 0 heterocycles. The van der Waals surface area contributed by atoms with Crippen molar-refractivity contribution in [1.82, 2.24) is 5.32 Å². The third-order valence-corrected chi connectivity index (χ3v) is 2.10. The third-order valence-electron chi connectivity index (χ3n) is 2.10. The lowest BCUT2D eigenvalue weighted by Crippen LogP contribution is -2.44. The number of hydrogen-bond acceptors (Lipinski definition) is 6. The minimum absolute atomic E-state index is 0.0407. The van der Waals surface area contributed by atoms with Gasteiger partial charge in [0.05, 0.1) is 14.2 Å². The number of carbonyl (C=O) groups excluding carboxylic acids is 3. The molecule has 0 aliphatic heterocycles. The van der Waals surface area contributed by atoms with E-state index in [1.807, 2.05) is 0 Å². The van der Waals surface area contributed by atoms with Crippen LogP contribution in [0.1, 0.15) is 27.2 Å². The van der Waals surface area contributed by atoms with Crippen LogP contribution < -0.4 is 5.32 Å². The van der Waals surface area contributed by atoms with Gasteiger partial charge in [0.1, 0.15) is 11.6 Å². The molecule has 1 amide bonds. The molecule has 0 spiro atoms. The molecule has 0 aromatic heterocycles. The number of ether oxygens (including phenoxy) is 3. The van der Waals surface area contributed by atoms with E-state index in [0.717, 1.165) is 0 Å². The average molecular weight is 287 g/mol. The van der Waals surface area contributed by atoms with Crippen molar-refractivity contribution in [2.24, 2.45) is 0 Å².